The predicted molar refractivity (Wildman–Crippen MR) is 92.0 cm³/mol. The number of nitrogens with two attached hydrogens (primary N) is 1. The van der Waals surface area contributed by atoms with Gasteiger partial charge in [-0.2, -0.15) is 0 Å². The maximum absolute atomic E-state index is 13.2. The molecule has 6 nitrogen and oxygen atoms in total. The van der Waals surface area contributed by atoms with Gasteiger partial charge < -0.3 is 16.0 Å². The summed E-state index contributed by atoms with van der Waals surface area (Å²) in [6.07, 6.45) is 7.11. The second-order valence-corrected chi connectivity index (χ2v) is 6.27. The van der Waals surface area contributed by atoms with E-state index in [1.165, 1.54) is 12.4 Å². The third-order valence-electron chi connectivity index (χ3n) is 4.16. The van der Waals surface area contributed by atoms with Crippen LogP contribution < -0.4 is 11.1 Å². The van der Waals surface area contributed by atoms with Crippen LogP contribution in [0.25, 0.3) is 0 Å². The maximum Gasteiger partial charge on any atom is 0.271 e. The fraction of sp³-hybridized carbons (Fsp3) is 0.471. The number of amides is 1. The normalized spacial score (nSPS) is 17.8. The molecule has 136 valence electrons. The lowest BCUT2D eigenvalue weighted by molar-refractivity contribution is -0.0473. The standard InChI is InChI=1S/C17H23F2N5O/c1-3-13(23-16-14(15(20)25)21-8-9-22-16)11-24(2)10-12-4-6-17(18,19)7-5-12/h3,8-9,11-12H,1,4-7,10H2,2H3,(H2,20,25)(H,22,23)/b13-11+. The molecular weight excluding hydrogens is 328 g/mol. The number of aromatic nitrogens is 2. The summed E-state index contributed by atoms with van der Waals surface area (Å²) in [5.41, 5.74) is 5.92. The fourth-order valence-corrected chi connectivity index (χ4v) is 2.86. The van der Waals surface area contributed by atoms with Crippen molar-refractivity contribution >= 4 is 11.7 Å². The first-order valence-electron chi connectivity index (χ1n) is 8.11. The van der Waals surface area contributed by atoms with E-state index in [1.807, 2.05) is 11.9 Å². The van der Waals surface area contributed by atoms with Crippen molar-refractivity contribution in [1.82, 2.24) is 14.9 Å². The molecule has 1 aliphatic carbocycles. The molecule has 1 aromatic heterocycles. The number of hydrogen-bond donors (Lipinski definition) is 2. The number of rotatable bonds is 7. The summed E-state index contributed by atoms with van der Waals surface area (Å²) in [5.74, 6) is -2.73. The van der Waals surface area contributed by atoms with Crippen molar-refractivity contribution in [3.05, 3.63) is 42.6 Å². The number of nitrogens with one attached hydrogen (secondary N) is 1. The van der Waals surface area contributed by atoms with Gasteiger partial charge >= 0.3 is 0 Å². The summed E-state index contributed by atoms with van der Waals surface area (Å²) in [6.45, 7) is 4.39. The van der Waals surface area contributed by atoms with Gasteiger partial charge in [0.05, 0.1) is 5.70 Å². The molecule has 1 amide bonds. The average molecular weight is 351 g/mol. The van der Waals surface area contributed by atoms with Gasteiger partial charge in [0.2, 0.25) is 5.92 Å². The summed E-state index contributed by atoms with van der Waals surface area (Å²) >= 11 is 0. The van der Waals surface area contributed by atoms with Crippen LogP contribution in [-0.4, -0.2) is 40.3 Å². The van der Waals surface area contributed by atoms with Gasteiger partial charge in [-0.05, 0) is 24.8 Å². The van der Waals surface area contributed by atoms with E-state index in [-0.39, 0.29) is 30.3 Å². The molecule has 0 aliphatic heterocycles. The first-order valence-corrected chi connectivity index (χ1v) is 8.11. The highest BCUT2D eigenvalue weighted by Gasteiger charge is 2.34. The molecule has 1 aliphatic rings. The molecule has 0 radical (unpaired) electrons. The van der Waals surface area contributed by atoms with Crippen LogP contribution in [0.3, 0.4) is 0 Å². The van der Waals surface area contributed by atoms with E-state index in [2.05, 4.69) is 21.9 Å². The van der Waals surface area contributed by atoms with Crippen LogP contribution in [0.2, 0.25) is 0 Å². The van der Waals surface area contributed by atoms with E-state index < -0.39 is 11.8 Å². The Labute approximate surface area is 145 Å². The third-order valence-corrected chi connectivity index (χ3v) is 4.16. The van der Waals surface area contributed by atoms with E-state index in [9.17, 15) is 13.6 Å². The largest absolute Gasteiger partial charge is 0.378 e. The highest BCUT2D eigenvalue weighted by molar-refractivity contribution is 5.95. The zero-order valence-corrected chi connectivity index (χ0v) is 14.2. The molecular formula is C17H23F2N5O. The zero-order valence-electron chi connectivity index (χ0n) is 14.2. The molecule has 0 bridgehead atoms. The lowest BCUT2D eigenvalue weighted by Gasteiger charge is -2.30. The number of halogens is 2. The summed E-state index contributed by atoms with van der Waals surface area (Å²) in [7, 11) is 1.86. The Kier molecular flexibility index (Phi) is 6.06. The topological polar surface area (TPSA) is 84.1 Å². The molecule has 0 atom stereocenters. The smallest absolute Gasteiger partial charge is 0.271 e. The Morgan fingerprint density at radius 2 is 2.08 bits per heavy atom. The number of primary amides is 1. The van der Waals surface area contributed by atoms with Crippen LogP contribution in [-0.2, 0) is 0 Å². The van der Waals surface area contributed by atoms with Gasteiger partial charge in [-0.1, -0.05) is 6.58 Å². The first kappa shape index (κ1) is 18.8. The molecule has 8 heteroatoms. The van der Waals surface area contributed by atoms with Crippen molar-refractivity contribution in [3.8, 4) is 0 Å². The third kappa shape index (κ3) is 5.51. The zero-order chi connectivity index (χ0) is 18.4. The van der Waals surface area contributed by atoms with Gasteiger partial charge in [0, 0.05) is 45.0 Å². The first-order chi connectivity index (χ1) is 11.8. The molecule has 1 heterocycles. The van der Waals surface area contributed by atoms with Gasteiger partial charge in [0.25, 0.3) is 5.91 Å². The van der Waals surface area contributed by atoms with Crippen molar-refractivity contribution in [1.29, 1.82) is 0 Å². The number of carbonyl (C=O) groups excluding carboxylic acids is 1. The van der Waals surface area contributed by atoms with Crippen LogP contribution in [0.1, 0.15) is 36.2 Å². The minimum Gasteiger partial charge on any atom is -0.378 e. The number of hydrogen-bond acceptors (Lipinski definition) is 5. The Morgan fingerprint density at radius 1 is 1.44 bits per heavy atom. The Hall–Kier alpha value is -2.51. The highest BCUT2D eigenvalue weighted by atomic mass is 19.3. The van der Waals surface area contributed by atoms with E-state index in [0.717, 1.165) is 0 Å². The molecule has 3 N–H and O–H groups in total. The molecule has 0 spiro atoms. The molecule has 2 rings (SSSR count). The molecule has 1 aromatic rings. The summed E-state index contributed by atoms with van der Waals surface area (Å²) in [6, 6.07) is 0. The van der Waals surface area contributed by atoms with E-state index >= 15 is 0 Å². The number of allylic oxidation sites excluding steroid dienone is 1. The van der Waals surface area contributed by atoms with Crippen molar-refractivity contribution in [3.63, 3.8) is 0 Å². The Morgan fingerprint density at radius 3 is 2.68 bits per heavy atom. The quantitative estimate of drug-likeness (QED) is 0.738. The van der Waals surface area contributed by atoms with Crippen LogP contribution in [0.4, 0.5) is 14.6 Å². The minimum absolute atomic E-state index is 0.0346. The van der Waals surface area contributed by atoms with Crippen molar-refractivity contribution < 1.29 is 13.6 Å². The van der Waals surface area contributed by atoms with Crippen LogP contribution >= 0.6 is 0 Å². The molecule has 0 unspecified atom stereocenters. The summed E-state index contributed by atoms with van der Waals surface area (Å²) in [5, 5.41) is 2.97. The van der Waals surface area contributed by atoms with Crippen LogP contribution in [0.15, 0.2) is 36.9 Å². The number of anilines is 1. The van der Waals surface area contributed by atoms with Crippen molar-refractivity contribution in [2.45, 2.75) is 31.6 Å². The Balaban J connectivity index is 2.00. The van der Waals surface area contributed by atoms with Crippen molar-refractivity contribution in [2.24, 2.45) is 11.7 Å². The van der Waals surface area contributed by atoms with E-state index in [0.29, 0.717) is 25.1 Å². The van der Waals surface area contributed by atoms with Gasteiger partial charge in [-0.25, -0.2) is 18.7 Å². The maximum atomic E-state index is 13.2. The molecule has 25 heavy (non-hydrogen) atoms. The average Bonchev–Trinajstić information content (AvgIpc) is 2.56. The van der Waals surface area contributed by atoms with Gasteiger partial charge in [0.1, 0.15) is 0 Å². The van der Waals surface area contributed by atoms with E-state index in [4.69, 9.17) is 5.73 Å². The second-order valence-electron chi connectivity index (χ2n) is 6.27. The molecule has 1 saturated carbocycles. The molecule has 0 saturated heterocycles. The van der Waals surface area contributed by atoms with Crippen molar-refractivity contribution in [2.75, 3.05) is 18.9 Å². The number of nitrogens with zero attached hydrogens (tertiary/aromatic N) is 3. The monoisotopic (exact) mass is 351 g/mol. The van der Waals surface area contributed by atoms with Gasteiger partial charge in [-0.3, -0.25) is 4.79 Å². The fourth-order valence-electron chi connectivity index (χ4n) is 2.86. The predicted octanol–water partition coefficient (Wildman–Crippen LogP) is 2.77. The van der Waals surface area contributed by atoms with Gasteiger partial charge in [0.15, 0.2) is 11.5 Å². The summed E-state index contributed by atoms with van der Waals surface area (Å²) < 4.78 is 26.5. The summed E-state index contributed by atoms with van der Waals surface area (Å²) in [4.78, 5) is 21.3. The lowest BCUT2D eigenvalue weighted by Crippen LogP contribution is -2.30. The Bertz CT molecular complexity index is 652. The van der Waals surface area contributed by atoms with Crippen LogP contribution in [0, 0.1) is 5.92 Å². The van der Waals surface area contributed by atoms with E-state index in [1.54, 1.807) is 12.3 Å². The number of alkyl halides is 2. The SMILES string of the molecule is C=C/C(=C\N(C)CC1CCC(F)(F)CC1)Nc1nccnc1C(N)=O. The number of carbonyl (C=O) groups is 1. The van der Waals surface area contributed by atoms with Gasteiger partial charge in [-0.15, -0.1) is 0 Å². The molecule has 0 aromatic carbocycles. The molecule has 1 fully saturated rings. The lowest BCUT2D eigenvalue weighted by atomic mass is 9.86. The second kappa shape index (κ2) is 8.04. The minimum atomic E-state index is -2.52. The highest BCUT2D eigenvalue weighted by Crippen LogP contribution is 2.36. The van der Waals surface area contributed by atoms with Crippen LogP contribution in [0.5, 0.6) is 0 Å².